The van der Waals surface area contributed by atoms with Crippen LogP contribution in [0.1, 0.15) is 26.2 Å². The van der Waals surface area contributed by atoms with Crippen molar-refractivity contribution in [1.82, 2.24) is 9.80 Å². The minimum atomic E-state index is -4.35. The molecule has 0 spiro atoms. The molecule has 7 heteroatoms. The third-order valence-corrected chi connectivity index (χ3v) is 4.26. The van der Waals surface area contributed by atoms with Gasteiger partial charge < -0.3 is 10.0 Å². The van der Waals surface area contributed by atoms with Crippen LogP contribution in [-0.2, 0) is 4.79 Å². The minimum absolute atomic E-state index is 0.168. The van der Waals surface area contributed by atoms with E-state index in [0.717, 1.165) is 11.3 Å². The lowest BCUT2D eigenvalue weighted by atomic mass is 9.93. The largest absolute Gasteiger partial charge is 0.406 e. The zero-order valence-electron chi connectivity index (χ0n) is 11.6. The molecule has 0 aliphatic carbocycles. The van der Waals surface area contributed by atoms with Gasteiger partial charge in [-0.1, -0.05) is 6.92 Å². The molecule has 0 bridgehead atoms. The number of alkyl halides is 3. The Morgan fingerprint density at radius 3 is 2.60 bits per heavy atom. The number of β-amino-alcohol motifs (C(OH)–C–C–N with tert-alkyl or cyclic N) is 1. The number of aliphatic hydroxyl groups is 1. The summed E-state index contributed by atoms with van der Waals surface area (Å²) < 4.78 is 37.3. The van der Waals surface area contributed by atoms with E-state index >= 15 is 0 Å². The van der Waals surface area contributed by atoms with Gasteiger partial charge in [0, 0.05) is 13.1 Å². The number of amides is 1. The van der Waals surface area contributed by atoms with Crippen molar-refractivity contribution in [2.45, 2.75) is 44.5 Å². The second-order valence-corrected chi connectivity index (χ2v) is 5.86. The number of likely N-dealkylation sites (tertiary alicyclic amines) is 2. The Bertz CT molecular complexity index is 362. The summed E-state index contributed by atoms with van der Waals surface area (Å²) in [5, 5.41) is 9.87. The van der Waals surface area contributed by atoms with Crippen molar-refractivity contribution in [1.29, 1.82) is 0 Å². The van der Waals surface area contributed by atoms with E-state index in [4.69, 9.17) is 0 Å². The van der Waals surface area contributed by atoms with Crippen LogP contribution in [0.4, 0.5) is 13.2 Å². The van der Waals surface area contributed by atoms with E-state index < -0.39 is 30.8 Å². The summed E-state index contributed by atoms with van der Waals surface area (Å²) in [4.78, 5) is 14.9. The number of carbonyl (C=O) groups is 1. The Morgan fingerprint density at radius 2 is 2.00 bits per heavy atom. The minimum Gasteiger partial charge on any atom is -0.392 e. The van der Waals surface area contributed by atoms with E-state index in [2.05, 4.69) is 0 Å². The Balaban J connectivity index is 1.99. The third kappa shape index (κ3) is 3.63. The van der Waals surface area contributed by atoms with E-state index in [1.807, 2.05) is 11.8 Å². The van der Waals surface area contributed by atoms with Gasteiger partial charge in [-0.05, 0) is 31.7 Å². The molecule has 1 amide bonds. The van der Waals surface area contributed by atoms with Crippen LogP contribution >= 0.6 is 0 Å². The highest BCUT2D eigenvalue weighted by Gasteiger charge is 2.40. The van der Waals surface area contributed by atoms with Crippen molar-refractivity contribution in [2.75, 3.05) is 26.2 Å². The maximum absolute atomic E-state index is 12.4. The SMILES string of the molecule is CC1CCN(C2CCCN(CC(F)(F)F)C2=O)CC1O. The van der Waals surface area contributed by atoms with Gasteiger partial charge in [0.25, 0.3) is 0 Å². The van der Waals surface area contributed by atoms with Crippen LogP contribution in [0.15, 0.2) is 0 Å². The average Bonchev–Trinajstić information content (AvgIpc) is 2.34. The standard InChI is InChI=1S/C13H21F3N2O2/c1-9-4-6-17(7-11(9)19)10-3-2-5-18(12(10)20)8-13(14,15)16/h9-11,19H,2-8H2,1H3. The predicted molar refractivity (Wildman–Crippen MR) is 67.0 cm³/mol. The van der Waals surface area contributed by atoms with E-state index in [-0.39, 0.29) is 12.5 Å². The number of piperidine rings is 2. The maximum Gasteiger partial charge on any atom is 0.406 e. The van der Waals surface area contributed by atoms with E-state index in [1.54, 1.807) is 0 Å². The first-order valence-electron chi connectivity index (χ1n) is 7.05. The second-order valence-electron chi connectivity index (χ2n) is 5.86. The van der Waals surface area contributed by atoms with Gasteiger partial charge in [-0.25, -0.2) is 0 Å². The zero-order valence-corrected chi connectivity index (χ0v) is 11.6. The lowest BCUT2D eigenvalue weighted by Crippen LogP contribution is -2.57. The highest BCUT2D eigenvalue weighted by molar-refractivity contribution is 5.82. The van der Waals surface area contributed by atoms with Crippen LogP contribution in [0, 0.1) is 5.92 Å². The molecule has 1 N–H and O–H groups in total. The second kappa shape index (κ2) is 5.89. The summed E-state index contributed by atoms with van der Waals surface area (Å²) in [5.41, 5.74) is 0. The van der Waals surface area contributed by atoms with Gasteiger partial charge in [0.05, 0.1) is 12.1 Å². The molecule has 0 saturated carbocycles. The number of hydrogen-bond donors (Lipinski definition) is 1. The molecule has 2 fully saturated rings. The molecule has 3 atom stereocenters. The van der Waals surface area contributed by atoms with Crippen molar-refractivity contribution >= 4 is 5.91 Å². The summed E-state index contributed by atoms with van der Waals surface area (Å²) in [6.07, 6.45) is -2.93. The Kier molecular flexibility index (Phi) is 4.59. The summed E-state index contributed by atoms with van der Waals surface area (Å²) >= 11 is 0. The highest BCUT2D eigenvalue weighted by atomic mass is 19.4. The number of hydrogen-bond acceptors (Lipinski definition) is 3. The fraction of sp³-hybridized carbons (Fsp3) is 0.923. The van der Waals surface area contributed by atoms with Crippen LogP contribution < -0.4 is 0 Å². The molecule has 2 rings (SSSR count). The van der Waals surface area contributed by atoms with Crippen molar-refractivity contribution < 1.29 is 23.1 Å². The average molecular weight is 294 g/mol. The highest BCUT2D eigenvalue weighted by Crippen LogP contribution is 2.26. The molecule has 0 aromatic rings. The molecular formula is C13H21F3N2O2. The van der Waals surface area contributed by atoms with Crippen LogP contribution in [0.25, 0.3) is 0 Å². The van der Waals surface area contributed by atoms with Gasteiger partial charge in [0.15, 0.2) is 0 Å². The van der Waals surface area contributed by atoms with Gasteiger partial charge in [0.2, 0.25) is 5.91 Å². The number of carbonyl (C=O) groups excluding carboxylic acids is 1. The topological polar surface area (TPSA) is 43.8 Å². The summed E-state index contributed by atoms with van der Waals surface area (Å²) in [6, 6.07) is -0.506. The zero-order chi connectivity index (χ0) is 14.9. The lowest BCUT2D eigenvalue weighted by molar-refractivity contribution is -0.168. The molecule has 0 radical (unpaired) electrons. The molecule has 2 aliphatic heterocycles. The quantitative estimate of drug-likeness (QED) is 0.833. The van der Waals surface area contributed by atoms with Crippen molar-refractivity contribution in [3.63, 3.8) is 0 Å². The van der Waals surface area contributed by atoms with Crippen LogP contribution in [-0.4, -0.2) is 65.3 Å². The molecule has 4 nitrogen and oxygen atoms in total. The Morgan fingerprint density at radius 1 is 1.30 bits per heavy atom. The number of rotatable bonds is 2. The van der Waals surface area contributed by atoms with Crippen molar-refractivity contribution in [3.05, 3.63) is 0 Å². The first-order chi connectivity index (χ1) is 9.28. The summed E-state index contributed by atoms with van der Waals surface area (Å²) in [6.45, 7) is 1.98. The summed E-state index contributed by atoms with van der Waals surface area (Å²) in [5.74, 6) is -0.272. The van der Waals surface area contributed by atoms with Gasteiger partial charge in [-0.2, -0.15) is 13.2 Å². The Hall–Kier alpha value is -0.820. The normalized spacial score (nSPS) is 33.5. The molecule has 3 unspecified atom stereocenters. The molecule has 0 aromatic carbocycles. The third-order valence-electron chi connectivity index (χ3n) is 4.26. The summed E-state index contributed by atoms with van der Waals surface area (Å²) in [7, 11) is 0. The van der Waals surface area contributed by atoms with E-state index in [1.165, 1.54) is 0 Å². The maximum atomic E-state index is 12.4. The number of nitrogens with zero attached hydrogens (tertiary/aromatic N) is 2. The fourth-order valence-corrected chi connectivity index (χ4v) is 2.99. The van der Waals surface area contributed by atoms with Crippen molar-refractivity contribution in [3.8, 4) is 0 Å². The smallest absolute Gasteiger partial charge is 0.392 e. The van der Waals surface area contributed by atoms with E-state index in [9.17, 15) is 23.1 Å². The first kappa shape index (κ1) is 15.6. The van der Waals surface area contributed by atoms with Gasteiger partial charge >= 0.3 is 6.18 Å². The van der Waals surface area contributed by atoms with Crippen LogP contribution in [0.3, 0.4) is 0 Å². The number of aliphatic hydroxyl groups excluding tert-OH is 1. The monoisotopic (exact) mass is 294 g/mol. The molecule has 116 valence electrons. The molecular weight excluding hydrogens is 273 g/mol. The lowest BCUT2D eigenvalue weighted by Gasteiger charge is -2.42. The number of halogens is 3. The molecule has 2 aliphatic rings. The van der Waals surface area contributed by atoms with Crippen molar-refractivity contribution in [2.24, 2.45) is 5.92 Å². The van der Waals surface area contributed by atoms with Gasteiger partial charge in [0.1, 0.15) is 6.54 Å². The molecule has 2 saturated heterocycles. The fourth-order valence-electron chi connectivity index (χ4n) is 2.99. The predicted octanol–water partition coefficient (Wildman–Crippen LogP) is 1.24. The molecule has 20 heavy (non-hydrogen) atoms. The van der Waals surface area contributed by atoms with Crippen LogP contribution in [0.2, 0.25) is 0 Å². The van der Waals surface area contributed by atoms with Crippen LogP contribution in [0.5, 0.6) is 0 Å². The Labute approximate surface area is 116 Å². The van der Waals surface area contributed by atoms with Gasteiger partial charge in [-0.3, -0.25) is 9.69 Å². The van der Waals surface area contributed by atoms with Gasteiger partial charge in [-0.15, -0.1) is 0 Å². The first-order valence-corrected chi connectivity index (χ1v) is 7.05. The molecule has 0 aromatic heterocycles. The van der Waals surface area contributed by atoms with E-state index in [0.29, 0.717) is 25.9 Å². The molecule has 2 heterocycles.